The molecule has 5 rings (SSSR count). The Kier molecular flexibility index (Phi) is 6.30. The molecule has 1 N–H and O–H groups in total. The molecule has 3 heterocycles. The van der Waals surface area contributed by atoms with Crippen LogP contribution in [0.2, 0.25) is 0 Å². The lowest BCUT2D eigenvalue weighted by molar-refractivity contribution is 0.102. The van der Waals surface area contributed by atoms with Crippen LogP contribution in [0.1, 0.15) is 35.3 Å². The van der Waals surface area contributed by atoms with Crippen molar-refractivity contribution in [2.45, 2.75) is 31.1 Å². The number of nitrogens with zero attached hydrogens (tertiary/aromatic N) is 4. The highest BCUT2D eigenvalue weighted by Crippen LogP contribution is 2.30. The number of hydrogen-bond donors (Lipinski definition) is 1. The summed E-state index contributed by atoms with van der Waals surface area (Å²) in [7, 11) is -1.94. The van der Waals surface area contributed by atoms with Crippen molar-refractivity contribution >= 4 is 43.3 Å². The Hall–Kier alpha value is -3.28. The number of benzene rings is 2. The molecule has 2 aromatic carbocycles. The second kappa shape index (κ2) is 9.40. The highest BCUT2D eigenvalue weighted by molar-refractivity contribution is 7.89. The van der Waals surface area contributed by atoms with Crippen LogP contribution >= 0.6 is 11.3 Å². The lowest BCUT2D eigenvalue weighted by Gasteiger charge is -2.25. The van der Waals surface area contributed by atoms with Crippen LogP contribution in [0.3, 0.4) is 0 Å². The number of aryl methyl sites for hydroxylation is 1. The van der Waals surface area contributed by atoms with Gasteiger partial charge >= 0.3 is 0 Å². The summed E-state index contributed by atoms with van der Waals surface area (Å²) in [6, 6.07) is 13.5. The summed E-state index contributed by atoms with van der Waals surface area (Å²) in [6.07, 6.45) is 2.79. The third kappa shape index (κ3) is 4.66. The summed E-state index contributed by atoms with van der Waals surface area (Å²) in [5, 5.41) is 7.99. The zero-order chi connectivity index (χ0) is 24.6. The topological polar surface area (TPSA) is 106 Å². The number of fused-ring (bicyclic) bond motifs is 1. The van der Waals surface area contributed by atoms with Crippen LogP contribution in [-0.4, -0.2) is 53.6 Å². The molecule has 1 aliphatic rings. The van der Waals surface area contributed by atoms with Crippen molar-refractivity contribution in [1.82, 2.24) is 19.1 Å². The summed E-state index contributed by atoms with van der Waals surface area (Å²) in [5.41, 5.74) is 1.85. The molecule has 9 nitrogen and oxygen atoms in total. The minimum absolute atomic E-state index is 0.196. The standard InChI is InChI=1S/C24H25N5O4S2/c1-16-14-22(29(27-16)24-25-20-15-18(33-2)8-11-21(20)34-24)26-23(30)17-6-9-19(10-7-17)35(31,32)28-12-4-3-5-13-28/h6-11,14-15H,3-5,12-13H2,1-2H3,(H,26,30). The van der Waals surface area contributed by atoms with Crippen molar-refractivity contribution in [1.29, 1.82) is 0 Å². The maximum Gasteiger partial charge on any atom is 0.256 e. The molecule has 11 heteroatoms. The summed E-state index contributed by atoms with van der Waals surface area (Å²) in [6.45, 7) is 2.90. The Labute approximate surface area is 207 Å². The predicted octanol–water partition coefficient (Wildman–Crippen LogP) is 4.23. The smallest absolute Gasteiger partial charge is 0.256 e. The molecule has 35 heavy (non-hydrogen) atoms. The van der Waals surface area contributed by atoms with Gasteiger partial charge in [-0.3, -0.25) is 4.79 Å². The second-order valence-electron chi connectivity index (χ2n) is 8.36. The zero-order valence-electron chi connectivity index (χ0n) is 19.4. The molecule has 0 bridgehead atoms. The molecule has 1 fully saturated rings. The van der Waals surface area contributed by atoms with Gasteiger partial charge in [-0.15, -0.1) is 0 Å². The Morgan fingerprint density at radius 2 is 1.80 bits per heavy atom. The van der Waals surface area contributed by atoms with Gasteiger partial charge in [0.25, 0.3) is 5.91 Å². The normalized spacial score (nSPS) is 14.8. The minimum Gasteiger partial charge on any atom is -0.497 e. The van der Waals surface area contributed by atoms with Gasteiger partial charge in [0.2, 0.25) is 15.2 Å². The van der Waals surface area contributed by atoms with E-state index < -0.39 is 10.0 Å². The average Bonchev–Trinajstić information content (AvgIpc) is 3.46. The fourth-order valence-corrected chi connectivity index (χ4v) is 6.50. The van der Waals surface area contributed by atoms with E-state index in [0.717, 1.165) is 35.2 Å². The zero-order valence-corrected chi connectivity index (χ0v) is 21.0. The van der Waals surface area contributed by atoms with Gasteiger partial charge in [-0.25, -0.2) is 13.4 Å². The molecule has 0 radical (unpaired) electrons. The fourth-order valence-electron chi connectivity index (χ4n) is 4.07. The first-order valence-electron chi connectivity index (χ1n) is 11.3. The van der Waals surface area contributed by atoms with E-state index in [1.807, 2.05) is 25.1 Å². The molecular weight excluding hydrogens is 486 g/mol. The predicted molar refractivity (Wildman–Crippen MR) is 135 cm³/mol. The van der Waals surface area contributed by atoms with Crippen molar-refractivity contribution in [3.63, 3.8) is 0 Å². The molecule has 0 spiro atoms. The molecule has 1 saturated heterocycles. The molecule has 0 unspecified atom stereocenters. The van der Waals surface area contributed by atoms with E-state index in [1.54, 1.807) is 17.9 Å². The summed E-state index contributed by atoms with van der Waals surface area (Å²) < 4.78 is 35.1. The summed E-state index contributed by atoms with van der Waals surface area (Å²) in [5.74, 6) is 0.824. The van der Waals surface area contributed by atoms with Crippen molar-refractivity contribution < 1.29 is 17.9 Å². The van der Waals surface area contributed by atoms with E-state index in [-0.39, 0.29) is 10.8 Å². The van der Waals surface area contributed by atoms with Crippen molar-refractivity contribution in [2.24, 2.45) is 0 Å². The third-order valence-electron chi connectivity index (χ3n) is 5.91. The number of rotatable bonds is 6. The van der Waals surface area contributed by atoms with Crippen LogP contribution in [0, 0.1) is 6.92 Å². The molecule has 0 saturated carbocycles. The average molecular weight is 512 g/mol. The van der Waals surface area contributed by atoms with Crippen LogP contribution in [0.15, 0.2) is 53.4 Å². The number of amides is 1. The van der Waals surface area contributed by atoms with Crippen molar-refractivity contribution in [2.75, 3.05) is 25.5 Å². The van der Waals surface area contributed by atoms with E-state index in [4.69, 9.17) is 4.74 Å². The maximum atomic E-state index is 13.0. The number of carbonyl (C=O) groups excluding carboxylic acids is 1. The fraction of sp³-hybridized carbons (Fsp3) is 0.292. The van der Waals surface area contributed by atoms with Gasteiger partial charge in [0.15, 0.2) is 0 Å². The lowest BCUT2D eigenvalue weighted by Crippen LogP contribution is -2.35. The number of nitrogens with one attached hydrogen (secondary N) is 1. The van der Waals surface area contributed by atoms with E-state index in [2.05, 4.69) is 15.4 Å². The molecule has 182 valence electrons. The number of sulfonamides is 1. The van der Waals surface area contributed by atoms with Gasteiger partial charge in [0.05, 0.1) is 27.9 Å². The number of aromatic nitrogens is 3. The third-order valence-corrected chi connectivity index (χ3v) is 8.83. The SMILES string of the molecule is COc1ccc2sc(-n3nc(C)cc3NC(=O)c3ccc(S(=O)(=O)N4CCCCC4)cc3)nc2c1. The van der Waals surface area contributed by atoms with E-state index in [9.17, 15) is 13.2 Å². The van der Waals surface area contributed by atoms with Gasteiger partial charge in [-0.05, 0) is 56.2 Å². The first kappa shape index (κ1) is 23.5. The molecule has 2 aromatic heterocycles. The van der Waals surface area contributed by atoms with Crippen LogP contribution < -0.4 is 10.1 Å². The van der Waals surface area contributed by atoms with Crippen molar-refractivity contribution in [3.05, 3.63) is 59.8 Å². The minimum atomic E-state index is -3.55. The number of hydrogen-bond acceptors (Lipinski definition) is 7. The lowest BCUT2D eigenvalue weighted by atomic mass is 10.2. The molecule has 0 aliphatic carbocycles. The second-order valence-corrected chi connectivity index (χ2v) is 11.3. The Bertz CT molecular complexity index is 1490. The number of carbonyl (C=O) groups is 1. The maximum absolute atomic E-state index is 13.0. The van der Waals surface area contributed by atoms with Gasteiger partial charge in [0, 0.05) is 30.8 Å². The Morgan fingerprint density at radius 3 is 2.51 bits per heavy atom. The van der Waals surface area contributed by atoms with Crippen LogP contribution in [0.4, 0.5) is 5.82 Å². The number of methoxy groups -OCH3 is 1. The summed E-state index contributed by atoms with van der Waals surface area (Å²) in [4.78, 5) is 17.8. The van der Waals surface area contributed by atoms with E-state index in [1.165, 1.54) is 39.9 Å². The Balaban J connectivity index is 1.37. The molecule has 4 aromatic rings. The van der Waals surface area contributed by atoms with Crippen LogP contribution in [0.5, 0.6) is 5.75 Å². The highest BCUT2D eigenvalue weighted by Gasteiger charge is 2.26. The van der Waals surface area contributed by atoms with Gasteiger partial charge in [-0.1, -0.05) is 17.8 Å². The Morgan fingerprint density at radius 1 is 1.06 bits per heavy atom. The van der Waals surface area contributed by atoms with Crippen LogP contribution in [0.25, 0.3) is 15.3 Å². The number of piperidine rings is 1. The number of anilines is 1. The summed E-state index contributed by atoms with van der Waals surface area (Å²) >= 11 is 1.45. The quantitative estimate of drug-likeness (QED) is 0.415. The highest BCUT2D eigenvalue weighted by atomic mass is 32.2. The van der Waals surface area contributed by atoms with E-state index in [0.29, 0.717) is 35.4 Å². The van der Waals surface area contributed by atoms with Gasteiger partial charge in [-0.2, -0.15) is 14.1 Å². The number of thiazole rings is 1. The van der Waals surface area contributed by atoms with E-state index >= 15 is 0 Å². The molecule has 0 atom stereocenters. The molecule has 1 aliphatic heterocycles. The number of ether oxygens (including phenoxy) is 1. The largest absolute Gasteiger partial charge is 0.497 e. The molecule has 1 amide bonds. The first-order valence-corrected chi connectivity index (χ1v) is 13.5. The van der Waals surface area contributed by atoms with Gasteiger partial charge < -0.3 is 10.1 Å². The van der Waals surface area contributed by atoms with Gasteiger partial charge in [0.1, 0.15) is 11.6 Å². The van der Waals surface area contributed by atoms with Crippen molar-refractivity contribution in [3.8, 4) is 10.9 Å². The monoisotopic (exact) mass is 511 g/mol. The first-order chi connectivity index (χ1) is 16.8. The van der Waals surface area contributed by atoms with Crippen LogP contribution in [-0.2, 0) is 10.0 Å². The molecular formula is C24H25N5O4S2.